The van der Waals surface area contributed by atoms with E-state index in [2.05, 4.69) is 154 Å². The van der Waals surface area contributed by atoms with E-state index in [9.17, 15) is 43.5 Å². The number of rotatable bonds is 84. The lowest BCUT2D eigenvalue weighted by molar-refractivity contribution is -0.161. The average molecular weight is 1600 g/mol. The number of hydrogen-bond acceptors (Lipinski definition) is 14. The number of ether oxygens (including phenoxy) is 3. The van der Waals surface area contributed by atoms with Gasteiger partial charge in [-0.3, -0.25) is 32.5 Å². The van der Waals surface area contributed by atoms with Crippen LogP contribution in [0.25, 0.3) is 0 Å². The molecular formula is C93H162O16P2. The van der Waals surface area contributed by atoms with E-state index in [0.29, 0.717) is 19.3 Å². The molecule has 0 radical (unpaired) electrons. The van der Waals surface area contributed by atoms with E-state index >= 15 is 0 Å². The molecule has 16 nitrogen and oxygen atoms in total. The van der Waals surface area contributed by atoms with Gasteiger partial charge >= 0.3 is 33.6 Å². The van der Waals surface area contributed by atoms with Gasteiger partial charge in [0.25, 0.3) is 0 Å². The molecule has 0 aromatic rings. The van der Waals surface area contributed by atoms with Crippen molar-refractivity contribution >= 4 is 33.6 Å². The largest absolute Gasteiger partial charge is 0.472 e. The van der Waals surface area contributed by atoms with Gasteiger partial charge < -0.3 is 34.2 Å². The normalized spacial score (nSPS) is 14.5. The summed E-state index contributed by atoms with van der Waals surface area (Å²) in [5, 5.41) is 20.7. The summed E-state index contributed by atoms with van der Waals surface area (Å²) in [5.41, 5.74) is 0. The van der Waals surface area contributed by atoms with Gasteiger partial charge in [0.05, 0.1) is 26.4 Å². The lowest BCUT2D eigenvalue weighted by atomic mass is 10.0. The lowest BCUT2D eigenvalue weighted by Crippen LogP contribution is -2.30. The van der Waals surface area contributed by atoms with Gasteiger partial charge in [0.15, 0.2) is 6.10 Å². The SMILES string of the molecule is CC/C=C\C/C=C\C/C=C\C/C=C\C/C=C\CCCCCCCCCCCCCCCCCCCC(=O)OCC(O)COP(=O)(O)OCC(O)COP(=O)(O)OCC(COC(=O)CCCCCCCCCCCCCCC/C=C\C/C=C\C/C=C\C/C=C\C/C=C\CC)OC(=O)CCCCCCC/C=C\CCCCCC. The van der Waals surface area contributed by atoms with Gasteiger partial charge in [-0.25, -0.2) is 9.13 Å². The highest BCUT2D eigenvalue weighted by atomic mass is 31.2. The minimum absolute atomic E-state index is 0.0945. The number of phosphoric ester groups is 2. The minimum Gasteiger partial charge on any atom is -0.463 e. The van der Waals surface area contributed by atoms with Crippen molar-refractivity contribution in [3.05, 3.63) is 134 Å². The summed E-state index contributed by atoms with van der Waals surface area (Å²) in [6, 6.07) is 0. The van der Waals surface area contributed by atoms with E-state index in [1.54, 1.807) is 0 Å². The van der Waals surface area contributed by atoms with Crippen LogP contribution < -0.4 is 0 Å². The Morgan fingerprint density at radius 3 is 0.766 bits per heavy atom. The first kappa shape index (κ1) is 107. The van der Waals surface area contributed by atoms with E-state index in [-0.39, 0.29) is 19.3 Å². The Hall–Kier alpha value is -4.31. The van der Waals surface area contributed by atoms with Crippen molar-refractivity contribution < 1.29 is 75.8 Å². The van der Waals surface area contributed by atoms with Gasteiger partial charge in [0.1, 0.15) is 25.4 Å². The number of hydrogen-bond donors (Lipinski definition) is 4. The zero-order chi connectivity index (χ0) is 80.8. The van der Waals surface area contributed by atoms with Gasteiger partial charge in [0, 0.05) is 19.3 Å². The van der Waals surface area contributed by atoms with Gasteiger partial charge in [-0.1, -0.05) is 360 Å². The van der Waals surface area contributed by atoms with Crippen LogP contribution in [0.3, 0.4) is 0 Å². The molecule has 0 bridgehead atoms. The Morgan fingerprint density at radius 2 is 0.477 bits per heavy atom. The molecule has 0 aliphatic heterocycles. The summed E-state index contributed by atoms with van der Waals surface area (Å²) < 4.78 is 61.3. The molecule has 4 N–H and O–H groups in total. The fourth-order valence-corrected chi connectivity index (χ4v) is 13.7. The molecule has 0 fully saturated rings. The number of aliphatic hydroxyl groups excluding tert-OH is 2. The summed E-state index contributed by atoms with van der Waals surface area (Å²) >= 11 is 0. The maximum Gasteiger partial charge on any atom is 0.472 e. The van der Waals surface area contributed by atoms with Gasteiger partial charge in [-0.05, 0) is 135 Å². The lowest BCUT2D eigenvalue weighted by Gasteiger charge is -2.21. The Bertz CT molecular complexity index is 2550. The number of unbranched alkanes of at least 4 members (excludes halogenated alkanes) is 39. The fourth-order valence-electron chi connectivity index (χ4n) is 12.2. The number of esters is 3. The van der Waals surface area contributed by atoms with Crippen molar-refractivity contribution in [2.75, 3.05) is 39.6 Å². The van der Waals surface area contributed by atoms with Crippen molar-refractivity contribution in [1.29, 1.82) is 0 Å². The average Bonchev–Trinajstić information content (AvgIpc) is 0.978. The predicted octanol–water partition coefficient (Wildman–Crippen LogP) is 27.0. The highest BCUT2D eigenvalue weighted by molar-refractivity contribution is 7.47. The molecule has 0 saturated carbocycles. The number of carbonyl (C=O) groups is 3. The number of phosphoric acid groups is 2. The van der Waals surface area contributed by atoms with E-state index in [4.69, 9.17) is 32.3 Å². The summed E-state index contributed by atoms with van der Waals surface area (Å²) in [6.07, 6.45) is 105. The first-order valence-electron chi connectivity index (χ1n) is 44.5. The summed E-state index contributed by atoms with van der Waals surface area (Å²) in [5.74, 6) is -1.57. The molecule has 0 aliphatic carbocycles. The molecular weight excluding hydrogens is 1430 g/mol. The maximum atomic E-state index is 13.0. The van der Waals surface area contributed by atoms with Crippen LogP contribution in [0.1, 0.15) is 380 Å². The van der Waals surface area contributed by atoms with Gasteiger partial charge in [-0.15, -0.1) is 0 Å². The molecule has 640 valence electrons. The van der Waals surface area contributed by atoms with Crippen LogP contribution in [0, 0.1) is 0 Å². The standard InChI is InChI=1S/C93H162O16P2/c1-4-7-10-13-16-19-22-25-27-29-31-33-35-37-39-41-42-43-44-46-48-49-51-53-55-57-59-62-64-67-70-73-76-79-91(96)103-82-88(94)83-105-110(99,100)106-84-89(95)85-107-111(101,102)108-87-90(109-93(98)81-78-75-72-69-66-61-24-21-18-15-12-9-6-3)86-104-92(97)80-77-74-71-68-65-63-60-58-56-54-52-50-47-45-40-38-36-34-32-30-28-26-23-20-17-14-11-8-5-2/h7-8,10-11,16-17,19-21,24-28,31-34,37-40,88-90,94-95H,4-6,9,12-15,18,22-23,29-30,35-36,41-87H2,1-3H3,(H,99,100)(H,101,102)/b10-7-,11-8-,19-16-,20-17-,24-21-,27-25-,28-26-,33-31-,34-32-,39-37-,40-38-. The third-order valence-corrected chi connectivity index (χ3v) is 20.7. The van der Waals surface area contributed by atoms with Gasteiger partial charge in [-0.2, -0.15) is 0 Å². The molecule has 0 spiro atoms. The molecule has 18 heteroatoms. The molecule has 0 aliphatic rings. The van der Waals surface area contributed by atoms with Crippen molar-refractivity contribution in [2.24, 2.45) is 0 Å². The zero-order valence-electron chi connectivity index (χ0n) is 70.4. The molecule has 5 unspecified atom stereocenters. The Labute approximate surface area is 677 Å². The first-order valence-corrected chi connectivity index (χ1v) is 47.5. The second-order valence-electron chi connectivity index (χ2n) is 29.6. The highest BCUT2D eigenvalue weighted by Gasteiger charge is 2.29. The van der Waals surface area contributed by atoms with Crippen LogP contribution in [0.15, 0.2) is 134 Å². The van der Waals surface area contributed by atoms with Crippen LogP contribution >= 0.6 is 15.6 Å². The fraction of sp³-hybridized carbons (Fsp3) is 0.731. The maximum absolute atomic E-state index is 13.0. The van der Waals surface area contributed by atoms with E-state index < -0.39 is 91.5 Å². The quantitative estimate of drug-likeness (QED) is 0.0146. The molecule has 0 saturated heterocycles. The number of carbonyl (C=O) groups excluding carboxylic acids is 3. The van der Waals surface area contributed by atoms with E-state index in [0.717, 1.165) is 154 Å². The van der Waals surface area contributed by atoms with E-state index in [1.807, 2.05) is 0 Å². The Kier molecular flexibility index (Phi) is 81.8. The summed E-state index contributed by atoms with van der Waals surface area (Å²) in [6.45, 7) is 2.48. The van der Waals surface area contributed by atoms with Crippen LogP contribution in [0.2, 0.25) is 0 Å². The second kappa shape index (κ2) is 85.1. The number of allylic oxidation sites excluding steroid dienone is 22. The third-order valence-electron chi connectivity index (χ3n) is 18.8. The van der Waals surface area contributed by atoms with Crippen LogP contribution in [-0.2, 0) is 55.8 Å². The summed E-state index contributed by atoms with van der Waals surface area (Å²) in [7, 11) is -9.79. The summed E-state index contributed by atoms with van der Waals surface area (Å²) in [4.78, 5) is 58.8. The molecule has 0 rings (SSSR count). The Balaban J connectivity index is 4.40. The molecule has 0 amide bonds. The smallest absolute Gasteiger partial charge is 0.463 e. The first-order chi connectivity index (χ1) is 54.2. The number of aliphatic hydroxyl groups is 2. The third kappa shape index (κ3) is 86.4. The monoisotopic (exact) mass is 1600 g/mol. The molecule has 0 aromatic carbocycles. The van der Waals surface area contributed by atoms with Crippen LogP contribution in [0.5, 0.6) is 0 Å². The van der Waals surface area contributed by atoms with Crippen molar-refractivity contribution in [3.63, 3.8) is 0 Å². The predicted molar refractivity (Wildman–Crippen MR) is 463 cm³/mol. The molecule has 111 heavy (non-hydrogen) atoms. The topological polar surface area (TPSA) is 231 Å². The van der Waals surface area contributed by atoms with Crippen molar-refractivity contribution in [1.82, 2.24) is 0 Å². The zero-order valence-corrected chi connectivity index (χ0v) is 72.1. The van der Waals surface area contributed by atoms with Gasteiger partial charge in [0.2, 0.25) is 0 Å². The van der Waals surface area contributed by atoms with Crippen LogP contribution in [0.4, 0.5) is 0 Å². The van der Waals surface area contributed by atoms with Crippen LogP contribution in [-0.4, -0.2) is 95.9 Å². The van der Waals surface area contributed by atoms with Crippen molar-refractivity contribution in [3.8, 4) is 0 Å². The Morgan fingerprint density at radius 1 is 0.261 bits per heavy atom. The second-order valence-corrected chi connectivity index (χ2v) is 32.5. The van der Waals surface area contributed by atoms with E-state index in [1.165, 1.54) is 167 Å². The minimum atomic E-state index is -4.93. The van der Waals surface area contributed by atoms with Crippen molar-refractivity contribution in [2.45, 2.75) is 399 Å². The molecule has 5 atom stereocenters. The molecule has 0 aromatic heterocycles. The highest BCUT2D eigenvalue weighted by Crippen LogP contribution is 2.45. The molecule has 0 heterocycles.